The van der Waals surface area contributed by atoms with Gasteiger partial charge < -0.3 is 24.7 Å². The van der Waals surface area contributed by atoms with Gasteiger partial charge in [-0.15, -0.1) is 34.2 Å². The van der Waals surface area contributed by atoms with Crippen LogP contribution in [0.25, 0.3) is 0 Å². The van der Waals surface area contributed by atoms with Gasteiger partial charge in [-0.3, -0.25) is 4.99 Å². The zero-order chi connectivity index (χ0) is 16.9. The summed E-state index contributed by atoms with van der Waals surface area (Å²) >= 11 is 0. The van der Waals surface area contributed by atoms with Crippen LogP contribution >= 0.6 is 24.0 Å². The number of ether oxygens (including phenoxy) is 2. The maximum Gasteiger partial charge on any atom is 0.231 e. The fourth-order valence-corrected chi connectivity index (χ4v) is 2.41. The van der Waals surface area contributed by atoms with Crippen LogP contribution in [0.2, 0.25) is 0 Å². The number of nitrogens with one attached hydrogen (secondary N) is 2. The van der Waals surface area contributed by atoms with E-state index in [1.807, 2.05) is 36.7 Å². The van der Waals surface area contributed by atoms with Crippen molar-refractivity contribution in [2.75, 3.05) is 20.4 Å². The second kappa shape index (κ2) is 8.88. The molecule has 0 aliphatic carbocycles. The molecule has 1 aliphatic heterocycles. The molecule has 9 heteroatoms. The lowest BCUT2D eigenvalue weighted by atomic mass is 10.1. The number of guanidine groups is 1. The molecule has 1 aromatic carbocycles. The molecule has 136 valence electrons. The zero-order valence-corrected chi connectivity index (χ0v) is 16.9. The van der Waals surface area contributed by atoms with Gasteiger partial charge in [0.2, 0.25) is 6.79 Å². The molecule has 8 nitrogen and oxygen atoms in total. The quantitative estimate of drug-likeness (QED) is 0.400. The molecule has 0 fully saturated rings. The molecule has 2 heterocycles. The van der Waals surface area contributed by atoms with Crippen molar-refractivity contribution in [1.82, 2.24) is 25.4 Å². The molecule has 0 bridgehead atoms. The summed E-state index contributed by atoms with van der Waals surface area (Å²) in [4.78, 5) is 4.22. The molecule has 0 saturated carbocycles. The Morgan fingerprint density at radius 1 is 1.24 bits per heavy atom. The summed E-state index contributed by atoms with van der Waals surface area (Å²) < 4.78 is 12.7. The molecule has 25 heavy (non-hydrogen) atoms. The Morgan fingerprint density at radius 2 is 2.04 bits per heavy atom. The van der Waals surface area contributed by atoms with E-state index in [4.69, 9.17) is 9.47 Å². The van der Waals surface area contributed by atoms with Crippen LogP contribution in [-0.4, -0.2) is 41.1 Å². The number of benzene rings is 1. The van der Waals surface area contributed by atoms with Crippen molar-refractivity contribution in [2.24, 2.45) is 12.0 Å². The third-order valence-electron chi connectivity index (χ3n) is 3.96. The predicted molar refractivity (Wildman–Crippen MR) is 106 cm³/mol. The van der Waals surface area contributed by atoms with E-state index in [-0.39, 0.29) is 24.0 Å². The summed E-state index contributed by atoms with van der Waals surface area (Å²) in [5.41, 5.74) is 1.19. The van der Waals surface area contributed by atoms with E-state index in [9.17, 15) is 0 Å². The van der Waals surface area contributed by atoms with E-state index in [2.05, 4.69) is 25.8 Å². The van der Waals surface area contributed by atoms with Crippen LogP contribution in [0.4, 0.5) is 0 Å². The lowest BCUT2D eigenvalue weighted by Crippen LogP contribution is -2.38. The van der Waals surface area contributed by atoms with Gasteiger partial charge in [0.1, 0.15) is 5.82 Å². The lowest BCUT2D eigenvalue weighted by Gasteiger charge is -2.11. The largest absolute Gasteiger partial charge is 0.454 e. The van der Waals surface area contributed by atoms with Crippen LogP contribution < -0.4 is 20.1 Å². The predicted octanol–water partition coefficient (Wildman–Crippen LogP) is 1.38. The summed E-state index contributed by atoms with van der Waals surface area (Å²) in [6.07, 6.45) is 0.862. The summed E-state index contributed by atoms with van der Waals surface area (Å²) in [5.74, 6) is 4.11. The second-order valence-electron chi connectivity index (χ2n) is 5.51. The van der Waals surface area contributed by atoms with E-state index in [0.717, 1.165) is 42.1 Å². The summed E-state index contributed by atoms with van der Waals surface area (Å²) in [6, 6.07) is 6.01. The number of halogens is 1. The molecular weight excluding hydrogens is 435 g/mol. The van der Waals surface area contributed by atoms with Gasteiger partial charge in [0.15, 0.2) is 23.3 Å². The Balaban J connectivity index is 0.00000225. The van der Waals surface area contributed by atoms with Gasteiger partial charge >= 0.3 is 0 Å². The van der Waals surface area contributed by atoms with E-state index in [1.54, 1.807) is 7.05 Å². The maximum absolute atomic E-state index is 5.39. The van der Waals surface area contributed by atoms with Gasteiger partial charge in [-0.05, 0) is 31.0 Å². The Morgan fingerprint density at radius 3 is 2.76 bits per heavy atom. The average Bonchev–Trinajstić information content (AvgIpc) is 3.18. The lowest BCUT2D eigenvalue weighted by molar-refractivity contribution is 0.174. The molecule has 2 N–H and O–H groups in total. The first-order chi connectivity index (χ1) is 11.7. The normalized spacial score (nSPS) is 12.7. The summed E-state index contributed by atoms with van der Waals surface area (Å²) in [7, 11) is 3.69. The monoisotopic (exact) mass is 458 g/mol. The van der Waals surface area contributed by atoms with Gasteiger partial charge in [-0.25, -0.2) is 0 Å². The number of hydrogen-bond acceptors (Lipinski definition) is 5. The van der Waals surface area contributed by atoms with E-state index in [1.165, 1.54) is 5.56 Å². The Bertz CT molecular complexity index is 746. The number of aromatic nitrogens is 3. The minimum Gasteiger partial charge on any atom is -0.454 e. The molecule has 1 aliphatic rings. The zero-order valence-electron chi connectivity index (χ0n) is 14.6. The SMILES string of the molecule is CN=C(NCCc1ccc2c(c1)OCO2)NCc1nnc(C)n1C.I. The van der Waals surface area contributed by atoms with Crippen LogP contribution in [0, 0.1) is 6.92 Å². The number of hydrogen-bond donors (Lipinski definition) is 2. The van der Waals surface area contributed by atoms with Gasteiger partial charge in [-0.1, -0.05) is 6.07 Å². The van der Waals surface area contributed by atoms with E-state index < -0.39 is 0 Å². The van der Waals surface area contributed by atoms with Gasteiger partial charge in [0.25, 0.3) is 0 Å². The first-order valence-electron chi connectivity index (χ1n) is 7.85. The smallest absolute Gasteiger partial charge is 0.231 e. The minimum absolute atomic E-state index is 0. The van der Waals surface area contributed by atoms with Gasteiger partial charge in [-0.2, -0.15) is 0 Å². The van der Waals surface area contributed by atoms with Crippen molar-refractivity contribution in [2.45, 2.75) is 19.9 Å². The highest BCUT2D eigenvalue weighted by molar-refractivity contribution is 14.0. The second-order valence-corrected chi connectivity index (χ2v) is 5.51. The van der Waals surface area contributed by atoms with Crippen molar-refractivity contribution < 1.29 is 9.47 Å². The maximum atomic E-state index is 5.39. The highest BCUT2D eigenvalue weighted by Gasteiger charge is 2.13. The Hall–Kier alpha value is -2.04. The highest BCUT2D eigenvalue weighted by Crippen LogP contribution is 2.32. The number of fused-ring (bicyclic) bond motifs is 1. The molecule has 0 radical (unpaired) electrons. The highest BCUT2D eigenvalue weighted by atomic mass is 127. The van der Waals surface area contributed by atoms with Crippen molar-refractivity contribution in [1.29, 1.82) is 0 Å². The summed E-state index contributed by atoms with van der Waals surface area (Å²) in [6.45, 7) is 3.56. The van der Waals surface area contributed by atoms with Gasteiger partial charge in [0, 0.05) is 20.6 Å². The Labute approximate surface area is 164 Å². The number of aliphatic imine (C=N–C) groups is 1. The van der Waals surface area contributed by atoms with Gasteiger partial charge in [0.05, 0.1) is 6.54 Å². The molecule has 2 aromatic rings. The van der Waals surface area contributed by atoms with Crippen LogP contribution in [0.15, 0.2) is 23.2 Å². The summed E-state index contributed by atoms with van der Waals surface area (Å²) in [5, 5.41) is 14.7. The molecule has 0 amide bonds. The van der Waals surface area contributed by atoms with E-state index in [0.29, 0.717) is 13.3 Å². The third kappa shape index (κ3) is 4.74. The number of aryl methyl sites for hydroxylation is 1. The average molecular weight is 458 g/mol. The van der Waals surface area contributed by atoms with Crippen molar-refractivity contribution >= 4 is 29.9 Å². The molecule has 0 saturated heterocycles. The van der Waals surface area contributed by atoms with E-state index >= 15 is 0 Å². The first kappa shape index (κ1) is 19.3. The molecule has 0 unspecified atom stereocenters. The number of nitrogens with zero attached hydrogens (tertiary/aromatic N) is 4. The third-order valence-corrected chi connectivity index (χ3v) is 3.96. The molecule has 0 atom stereocenters. The topological polar surface area (TPSA) is 85.6 Å². The fourth-order valence-electron chi connectivity index (χ4n) is 2.41. The molecular formula is C16H23IN6O2. The number of rotatable bonds is 5. The molecule has 3 rings (SSSR count). The van der Waals surface area contributed by atoms with Crippen molar-refractivity contribution in [3.05, 3.63) is 35.4 Å². The van der Waals surface area contributed by atoms with Crippen molar-refractivity contribution in [3.8, 4) is 11.5 Å². The van der Waals surface area contributed by atoms with Crippen molar-refractivity contribution in [3.63, 3.8) is 0 Å². The fraction of sp³-hybridized carbons (Fsp3) is 0.438. The molecule has 0 spiro atoms. The van der Waals surface area contributed by atoms with Crippen LogP contribution in [-0.2, 0) is 20.0 Å². The Kier molecular flexibility index (Phi) is 6.85. The first-order valence-corrected chi connectivity index (χ1v) is 7.85. The van der Waals surface area contributed by atoms with Crippen LogP contribution in [0.5, 0.6) is 11.5 Å². The molecule has 1 aromatic heterocycles. The standard InChI is InChI=1S/C16H22N6O2.HI/c1-11-20-21-15(22(11)3)9-19-16(17-2)18-7-6-12-4-5-13-14(8-12)24-10-23-13;/h4-5,8H,6-7,9-10H2,1-3H3,(H2,17,18,19);1H. The van der Waals surface area contributed by atoms with Crippen LogP contribution in [0.3, 0.4) is 0 Å². The minimum atomic E-state index is 0. The van der Waals surface area contributed by atoms with Crippen LogP contribution in [0.1, 0.15) is 17.2 Å².